The Balaban J connectivity index is 1.78. The Kier molecular flexibility index (Phi) is 5.44. The van der Waals surface area contributed by atoms with Gasteiger partial charge in [-0.15, -0.1) is 0 Å². The molecule has 0 saturated heterocycles. The van der Waals surface area contributed by atoms with Crippen LogP contribution in [0.3, 0.4) is 0 Å². The lowest BCUT2D eigenvalue weighted by Gasteiger charge is -2.10. The number of hydrogen-bond acceptors (Lipinski definition) is 2. The molecule has 2 aromatic rings. The first-order valence-corrected chi connectivity index (χ1v) is 7.63. The first kappa shape index (κ1) is 15.6. The lowest BCUT2D eigenvalue weighted by Crippen LogP contribution is -2.32. The Hall–Kier alpha value is -1.76. The van der Waals surface area contributed by atoms with Gasteiger partial charge >= 0.3 is 6.03 Å². The van der Waals surface area contributed by atoms with Gasteiger partial charge in [0.2, 0.25) is 0 Å². The van der Waals surface area contributed by atoms with E-state index in [0.717, 1.165) is 20.6 Å². The molecule has 0 fully saturated rings. The smallest absolute Gasteiger partial charge is 0.321 e. The molecule has 2 amide bonds. The number of amides is 2. The Morgan fingerprint density at radius 2 is 1.81 bits per heavy atom. The summed E-state index contributed by atoms with van der Waals surface area (Å²) in [5.41, 5.74) is 3.13. The van der Waals surface area contributed by atoms with Crippen LogP contribution in [0.25, 0.3) is 0 Å². The summed E-state index contributed by atoms with van der Waals surface area (Å²) < 4.78 is 6.62. The predicted molar refractivity (Wildman–Crippen MR) is 92.7 cm³/mol. The second-order valence-corrected chi connectivity index (χ2v) is 5.92. The number of carbonyl (C=O) groups is 1. The second-order valence-electron chi connectivity index (χ2n) is 4.67. The highest BCUT2D eigenvalue weighted by Crippen LogP contribution is 2.16. The zero-order valence-electron chi connectivity index (χ0n) is 11.9. The largest absolute Gasteiger partial charge is 0.473 e. The van der Waals surface area contributed by atoms with Crippen molar-refractivity contribution in [3.8, 4) is 5.75 Å². The molecule has 0 aliphatic heterocycles. The van der Waals surface area contributed by atoms with Gasteiger partial charge in [0.25, 0.3) is 0 Å². The van der Waals surface area contributed by atoms with Crippen LogP contribution < -0.4 is 15.4 Å². The van der Waals surface area contributed by atoms with Crippen LogP contribution in [0.4, 0.5) is 10.5 Å². The van der Waals surface area contributed by atoms with Crippen LogP contribution in [0.15, 0.2) is 42.5 Å². The average molecular weight is 396 g/mol. The SMILES string of the molecule is Cc1ccc(OCNC(=O)Nc2ccc(I)cc2)cc1C. The van der Waals surface area contributed by atoms with Crippen LogP contribution in [0.1, 0.15) is 11.1 Å². The molecule has 2 rings (SSSR count). The number of halogens is 1. The van der Waals surface area contributed by atoms with Gasteiger partial charge in [0.15, 0.2) is 6.73 Å². The molecule has 110 valence electrons. The van der Waals surface area contributed by atoms with E-state index in [4.69, 9.17) is 4.74 Å². The summed E-state index contributed by atoms with van der Waals surface area (Å²) in [5, 5.41) is 5.40. The number of anilines is 1. The van der Waals surface area contributed by atoms with Gasteiger partial charge in [0, 0.05) is 9.26 Å². The fraction of sp³-hybridized carbons (Fsp3) is 0.188. The number of carbonyl (C=O) groups excluding carboxylic acids is 1. The van der Waals surface area contributed by atoms with Crippen LogP contribution in [0.2, 0.25) is 0 Å². The zero-order chi connectivity index (χ0) is 15.2. The molecular formula is C16H17IN2O2. The maximum atomic E-state index is 11.7. The van der Waals surface area contributed by atoms with Gasteiger partial charge in [-0.2, -0.15) is 0 Å². The van der Waals surface area contributed by atoms with E-state index in [1.165, 1.54) is 5.56 Å². The van der Waals surface area contributed by atoms with Crippen LogP contribution in [0.5, 0.6) is 5.75 Å². The number of nitrogens with one attached hydrogen (secondary N) is 2. The lowest BCUT2D eigenvalue weighted by molar-refractivity contribution is 0.234. The van der Waals surface area contributed by atoms with Gasteiger partial charge in [0.05, 0.1) is 0 Å². The summed E-state index contributed by atoms with van der Waals surface area (Å²) in [4.78, 5) is 11.7. The average Bonchev–Trinajstić information content (AvgIpc) is 2.45. The van der Waals surface area contributed by atoms with Crippen molar-refractivity contribution in [3.63, 3.8) is 0 Å². The highest BCUT2D eigenvalue weighted by Gasteiger charge is 2.02. The number of urea groups is 1. The summed E-state index contributed by atoms with van der Waals surface area (Å²) in [6.07, 6.45) is 0. The minimum atomic E-state index is -0.292. The van der Waals surface area contributed by atoms with E-state index >= 15 is 0 Å². The molecule has 0 heterocycles. The summed E-state index contributed by atoms with van der Waals surface area (Å²) in [7, 11) is 0. The second kappa shape index (κ2) is 7.31. The predicted octanol–water partition coefficient (Wildman–Crippen LogP) is 4.07. The van der Waals surface area contributed by atoms with Crippen molar-refractivity contribution in [1.82, 2.24) is 5.32 Å². The van der Waals surface area contributed by atoms with Gasteiger partial charge in [0.1, 0.15) is 5.75 Å². The molecule has 4 nitrogen and oxygen atoms in total. The fourth-order valence-corrected chi connectivity index (χ4v) is 2.06. The van der Waals surface area contributed by atoms with Gasteiger partial charge in [-0.1, -0.05) is 6.07 Å². The van der Waals surface area contributed by atoms with Crippen molar-refractivity contribution >= 4 is 34.3 Å². The van der Waals surface area contributed by atoms with E-state index in [1.54, 1.807) is 0 Å². The van der Waals surface area contributed by atoms with Crippen molar-refractivity contribution < 1.29 is 9.53 Å². The maximum Gasteiger partial charge on any atom is 0.321 e. The normalized spacial score (nSPS) is 10.0. The van der Waals surface area contributed by atoms with E-state index < -0.39 is 0 Å². The Labute approximate surface area is 138 Å². The van der Waals surface area contributed by atoms with Crippen LogP contribution in [-0.2, 0) is 0 Å². The number of benzene rings is 2. The van der Waals surface area contributed by atoms with Crippen LogP contribution in [0, 0.1) is 17.4 Å². The zero-order valence-corrected chi connectivity index (χ0v) is 14.1. The van der Waals surface area contributed by atoms with E-state index in [2.05, 4.69) is 33.2 Å². The van der Waals surface area contributed by atoms with Crippen molar-refractivity contribution in [2.24, 2.45) is 0 Å². The van der Waals surface area contributed by atoms with Gasteiger partial charge in [-0.05, 0) is 84.0 Å². The molecule has 2 aromatic carbocycles. The number of rotatable bonds is 4. The van der Waals surface area contributed by atoms with E-state index in [1.807, 2.05) is 56.3 Å². The molecule has 0 aliphatic carbocycles. The lowest BCUT2D eigenvalue weighted by atomic mass is 10.1. The van der Waals surface area contributed by atoms with Crippen LogP contribution in [-0.4, -0.2) is 12.8 Å². The van der Waals surface area contributed by atoms with Crippen molar-refractivity contribution in [1.29, 1.82) is 0 Å². The first-order chi connectivity index (χ1) is 10.0. The third kappa shape index (κ3) is 4.93. The summed E-state index contributed by atoms with van der Waals surface area (Å²) in [6, 6.07) is 13.1. The van der Waals surface area contributed by atoms with Crippen molar-refractivity contribution in [2.45, 2.75) is 13.8 Å². The standard InChI is InChI=1S/C16H17IN2O2/c1-11-3-8-15(9-12(11)2)21-10-18-16(20)19-14-6-4-13(17)5-7-14/h3-9H,10H2,1-2H3,(H2,18,19,20). The molecule has 0 radical (unpaired) electrons. The number of ether oxygens (including phenoxy) is 1. The Bertz CT molecular complexity index is 627. The number of aryl methyl sites for hydroxylation is 2. The highest BCUT2D eigenvalue weighted by atomic mass is 127. The molecule has 0 unspecified atom stereocenters. The van der Waals surface area contributed by atoms with Crippen molar-refractivity contribution in [2.75, 3.05) is 12.0 Å². The monoisotopic (exact) mass is 396 g/mol. The highest BCUT2D eigenvalue weighted by molar-refractivity contribution is 14.1. The van der Waals surface area contributed by atoms with E-state index in [9.17, 15) is 4.79 Å². The molecule has 0 aromatic heterocycles. The topological polar surface area (TPSA) is 50.4 Å². The fourth-order valence-electron chi connectivity index (χ4n) is 1.70. The Morgan fingerprint density at radius 1 is 1.10 bits per heavy atom. The minimum absolute atomic E-state index is 0.124. The number of hydrogen-bond donors (Lipinski definition) is 2. The molecular weight excluding hydrogens is 379 g/mol. The minimum Gasteiger partial charge on any atom is -0.473 e. The van der Waals surface area contributed by atoms with Gasteiger partial charge < -0.3 is 15.4 Å². The third-order valence-corrected chi connectivity index (χ3v) is 3.77. The third-order valence-electron chi connectivity index (χ3n) is 3.05. The molecule has 5 heteroatoms. The molecule has 21 heavy (non-hydrogen) atoms. The first-order valence-electron chi connectivity index (χ1n) is 6.55. The summed E-state index contributed by atoms with van der Waals surface area (Å²) in [6.45, 7) is 4.20. The summed E-state index contributed by atoms with van der Waals surface area (Å²) in [5.74, 6) is 0.743. The molecule has 0 atom stereocenters. The van der Waals surface area contributed by atoms with Crippen LogP contribution >= 0.6 is 22.6 Å². The van der Waals surface area contributed by atoms with Crippen molar-refractivity contribution in [3.05, 3.63) is 57.2 Å². The molecule has 2 N–H and O–H groups in total. The molecule has 0 bridgehead atoms. The van der Waals surface area contributed by atoms with E-state index in [0.29, 0.717) is 0 Å². The van der Waals surface area contributed by atoms with Gasteiger partial charge in [-0.3, -0.25) is 0 Å². The molecule has 0 aliphatic rings. The molecule has 0 saturated carbocycles. The Morgan fingerprint density at radius 3 is 2.48 bits per heavy atom. The molecule has 0 spiro atoms. The maximum absolute atomic E-state index is 11.7. The van der Waals surface area contributed by atoms with Gasteiger partial charge in [-0.25, -0.2) is 4.79 Å². The quantitative estimate of drug-likeness (QED) is 0.605. The van der Waals surface area contributed by atoms with E-state index in [-0.39, 0.29) is 12.8 Å². The summed E-state index contributed by atoms with van der Waals surface area (Å²) >= 11 is 2.22.